The first-order chi connectivity index (χ1) is 21.5. The van der Waals surface area contributed by atoms with Crippen LogP contribution < -0.4 is 4.90 Å². The Kier molecular flexibility index (Phi) is 4.54. The molecule has 0 spiro atoms. The standard InChI is InChI=1S/C35H24N4/c1-4-11-25(12-5-1)32-30-17-10-22-37-34(30)31-23-36-24-38-35(31)33(32)26-18-20-29(21-19-26)39(27-13-6-2-7-14-27)28-15-8-3-9-16-28/h1-24H/i1D,4D,5D,11D,12D. The molecule has 0 atom stereocenters. The van der Waals surface area contributed by atoms with Gasteiger partial charge < -0.3 is 4.90 Å². The van der Waals surface area contributed by atoms with Gasteiger partial charge in [-0.1, -0.05) is 84.8 Å². The van der Waals surface area contributed by atoms with Crippen molar-refractivity contribution in [2.45, 2.75) is 0 Å². The molecule has 4 heteroatoms. The number of hydrogen-bond donors (Lipinski definition) is 0. The monoisotopic (exact) mass is 505 g/mol. The average molecular weight is 506 g/mol. The molecule has 0 radical (unpaired) electrons. The summed E-state index contributed by atoms with van der Waals surface area (Å²) >= 11 is 0. The molecular weight excluding hydrogens is 476 g/mol. The number of benzene rings is 5. The van der Waals surface area contributed by atoms with E-state index in [0.29, 0.717) is 32.9 Å². The molecule has 0 saturated carbocycles. The second-order valence-corrected chi connectivity index (χ2v) is 8.99. The fraction of sp³-hybridized carbons (Fsp3) is 0. The second-order valence-electron chi connectivity index (χ2n) is 8.99. The first-order valence-corrected chi connectivity index (χ1v) is 12.5. The Morgan fingerprint density at radius 1 is 0.538 bits per heavy atom. The maximum Gasteiger partial charge on any atom is 0.116 e. The van der Waals surface area contributed by atoms with Crippen LogP contribution in [0.15, 0.2) is 146 Å². The molecule has 0 saturated heterocycles. The maximum absolute atomic E-state index is 8.86. The lowest BCUT2D eigenvalue weighted by molar-refractivity contribution is 1.22. The zero-order chi connectivity index (χ0) is 30.4. The Morgan fingerprint density at radius 3 is 1.90 bits per heavy atom. The molecule has 39 heavy (non-hydrogen) atoms. The van der Waals surface area contributed by atoms with E-state index in [0.717, 1.165) is 22.6 Å². The van der Waals surface area contributed by atoms with E-state index >= 15 is 0 Å². The van der Waals surface area contributed by atoms with E-state index in [1.807, 2.05) is 66.7 Å². The highest BCUT2D eigenvalue weighted by molar-refractivity contribution is 6.18. The molecule has 0 fully saturated rings. The number of anilines is 3. The van der Waals surface area contributed by atoms with Gasteiger partial charge in [0.25, 0.3) is 0 Å². The van der Waals surface area contributed by atoms with Gasteiger partial charge in [0, 0.05) is 51.4 Å². The summed E-state index contributed by atoms with van der Waals surface area (Å²) < 4.78 is 42.7. The molecule has 5 aromatic carbocycles. The summed E-state index contributed by atoms with van der Waals surface area (Å²) in [5.41, 5.74) is 6.08. The van der Waals surface area contributed by atoms with Crippen molar-refractivity contribution in [2.24, 2.45) is 0 Å². The molecule has 0 bridgehead atoms. The molecule has 4 nitrogen and oxygen atoms in total. The summed E-state index contributed by atoms with van der Waals surface area (Å²) in [6.07, 6.45) is 4.82. The fourth-order valence-corrected chi connectivity index (χ4v) is 5.07. The van der Waals surface area contributed by atoms with Crippen LogP contribution in [0.5, 0.6) is 0 Å². The first-order valence-electron chi connectivity index (χ1n) is 15.0. The van der Waals surface area contributed by atoms with E-state index in [1.54, 1.807) is 18.5 Å². The van der Waals surface area contributed by atoms with E-state index in [-0.39, 0.29) is 17.6 Å². The number of rotatable bonds is 5. The Morgan fingerprint density at radius 2 is 1.21 bits per heavy atom. The third-order valence-corrected chi connectivity index (χ3v) is 6.72. The molecular formula is C35H24N4. The van der Waals surface area contributed by atoms with E-state index in [1.165, 1.54) is 6.33 Å². The lowest BCUT2D eigenvalue weighted by atomic mass is 9.88. The molecule has 7 aromatic rings. The Balaban J connectivity index is 1.53. The molecule has 0 N–H and O–H groups in total. The Hall–Kier alpha value is -5.35. The number of pyridine rings is 1. The van der Waals surface area contributed by atoms with Crippen molar-refractivity contribution in [3.05, 3.63) is 146 Å². The molecule has 2 aromatic heterocycles. The summed E-state index contributed by atoms with van der Waals surface area (Å²) in [5, 5.41) is 1.34. The summed E-state index contributed by atoms with van der Waals surface area (Å²) in [4.78, 5) is 15.7. The van der Waals surface area contributed by atoms with Gasteiger partial charge in [-0.25, -0.2) is 9.97 Å². The van der Waals surface area contributed by atoms with Crippen molar-refractivity contribution < 1.29 is 6.85 Å². The normalized spacial score (nSPS) is 12.9. The SMILES string of the molecule is [2H]c1c([2H])c([2H])c(-c2c(-c3ccc(N(c4ccccc4)c4ccccc4)cc3)c3ncncc3c3ncccc23)c([2H])c1[2H]. The maximum atomic E-state index is 8.86. The van der Waals surface area contributed by atoms with Gasteiger partial charge >= 0.3 is 0 Å². The molecule has 0 aliphatic heterocycles. The number of fused-ring (bicyclic) bond motifs is 3. The highest BCUT2D eigenvalue weighted by atomic mass is 15.1. The quantitative estimate of drug-likeness (QED) is 0.219. The van der Waals surface area contributed by atoms with Crippen LogP contribution >= 0.6 is 0 Å². The van der Waals surface area contributed by atoms with Gasteiger partial charge in [-0.05, 0) is 53.6 Å². The van der Waals surface area contributed by atoms with Gasteiger partial charge in [-0.2, -0.15) is 0 Å². The van der Waals surface area contributed by atoms with Gasteiger partial charge in [0.1, 0.15) is 6.33 Å². The van der Waals surface area contributed by atoms with Crippen molar-refractivity contribution in [3.63, 3.8) is 0 Å². The molecule has 2 heterocycles. The highest BCUT2D eigenvalue weighted by Crippen LogP contribution is 2.44. The van der Waals surface area contributed by atoms with E-state index < -0.39 is 18.1 Å². The predicted octanol–water partition coefficient (Wildman–Crippen LogP) is 8.98. The summed E-state index contributed by atoms with van der Waals surface area (Å²) in [6, 6.07) is 30.0. The molecule has 0 unspecified atom stereocenters. The molecule has 7 rings (SSSR count). The number of nitrogens with zero attached hydrogens (tertiary/aromatic N) is 4. The highest BCUT2D eigenvalue weighted by Gasteiger charge is 2.20. The summed E-state index contributed by atoms with van der Waals surface area (Å²) in [7, 11) is 0. The summed E-state index contributed by atoms with van der Waals surface area (Å²) in [5.74, 6) is 0. The number of aromatic nitrogens is 3. The topological polar surface area (TPSA) is 41.9 Å². The lowest BCUT2D eigenvalue weighted by Crippen LogP contribution is -2.09. The Labute approximate surface area is 233 Å². The van der Waals surface area contributed by atoms with E-state index in [9.17, 15) is 0 Å². The Bertz CT molecular complexity index is 2100. The van der Waals surface area contributed by atoms with E-state index in [2.05, 4.69) is 44.1 Å². The first kappa shape index (κ1) is 18.0. The van der Waals surface area contributed by atoms with Crippen LogP contribution in [0.3, 0.4) is 0 Å². The predicted molar refractivity (Wildman–Crippen MR) is 160 cm³/mol. The minimum Gasteiger partial charge on any atom is -0.311 e. The van der Waals surface area contributed by atoms with Crippen molar-refractivity contribution in [1.82, 2.24) is 15.0 Å². The van der Waals surface area contributed by atoms with Crippen LogP contribution in [0, 0.1) is 0 Å². The third kappa shape index (κ3) is 4.09. The van der Waals surface area contributed by atoms with Crippen molar-refractivity contribution in [1.29, 1.82) is 0 Å². The molecule has 0 amide bonds. The van der Waals surface area contributed by atoms with Gasteiger partial charge in [-0.3, -0.25) is 4.98 Å². The van der Waals surface area contributed by atoms with Crippen LogP contribution in [-0.4, -0.2) is 15.0 Å². The second kappa shape index (κ2) is 9.84. The zero-order valence-corrected chi connectivity index (χ0v) is 20.8. The smallest absolute Gasteiger partial charge is 0.116 e. The minimum absolute atomic E-state index is 0.101. The number of para-hydroxylation sites is 2. The van der Waals surface area contributed by atoms with Crippen molar-refractivity contribution in [3.8, 4) is 22.3 Å². The van der Waals surface area contributed by atoms with Crippen LogP contribution in [0.1, 0.15) is 6.85 Å². The van der Waals surface area contributed by atoms with Crippen LogP contribution in [0.25, 0.3) is 44.1 Å². The summed E-state index contributed by atoms with van der Waals surface area (Å²) in [6.45, 7) is 0. The van der Waals surface area contributed by atoms with Crippen LogP contribution in [0.2, 0.25) is 0 Å². The third-order valence-electron chi connectivity index (χ3n) is 6.72. The van der Waals surface area contributed by atoms with Gasteiger partial charge in [0.2, 0.25) is 0 Å². The average Bonchev–Trinajstić information content (AvgIpc) is 3.08. The molecule has 184 valence electrons. The molecule has 0 aliphatic carbocycles. The largest absolute Gasteiger partial charge is 0.311 e. The van der Waals surface area contributed by atoms with Gasteiger partial charge in [0.15, 0.2) is 0 Å². The van der Waals surface area contributed by atoms with Crippen LogP contribution in [0.4, 0.5) is 17.1 Å². The van der Waals surface area contributed by atoms with Gasteiger partial charge in [-0.15, -0.1) is 0 Å². The van der Waals surface area contributed by atoms with Gasteiger partial charge in [0.05, 0.1) is 17.9 Å². The van der Waals surface area contributed by atoms with Crippen molar-refractivity contribution >= 4 is 38.9 Å². The number of hydrogen-bond acceptors (Lipinski definition) is 4. The van der Waals surface area contributed by atoms with Crippen LogP contribution in [-0.2, 0) is 0 Å². The fourth-order valence-electron chi connectivity index (χ4n) is 5.07. The molecule has 0 aliphatic rings. The lowest BCUT2D eigenvalue weighted by Gasteiger charge is -2.25. The van der Waals surface area contributed by atoms with Crippen molar-refractivity contribution in [2.75, 3.05) is 4.90 Å². The zero-order valence-electron chi connectivity index (χ0n) is 25.8. The minimum atomic E-state index is -0.442. The van der Waals surface area contributed by atoms with E-state index in [4.69, 9.17) is 6.85 Å².